The Bertz CT molecular complexity index is 518. The molecule has 0 unspecified atom stereocenters. The molecule has 0 spiro atoms. The summed E-state index contributed by atoms with van der Waals surface area (Å²) < 4.78 is 0. The van der Waals surface area contributed by atoms with Gasteiger partial charge in [-0.1, -0.05) is 47.5 Å². The van der Waals surface area contributed by atoms with E-state index < -0.39 is 0 Å². The fourth-order valence-electron chi connectivity index (χ4n) is 1.95. The van der Waals surface area contributed by atoms with Crippen LogP contribution in [0.3, 0.4) is 0 Å². The lowest BCUT2D eigenvalue weighted by molar-refractivity contribution is -0.121. The molecule has 98 valence electrons. The summed E-state index contributed by atoms with van der Waals surface area (Å²) in [5.41, 5.74) is 1.79. The second-order valence-electron chi connectivity index (χ2n) is 4.15. The van der Waals surface area contributed by atoms with Gasteiger partial charge in [-0.3, -0.25) is 4.79 Å². The van der Waals surface area contributed by atoms with Crippen LogP contribution in [-0.2, 0) is 4.79 Å². The van der Waals surface area contributed by atoms with Gasteiger partial charge in [-0.15, -0.1) is 0 Å². The maximum atomic E-state index is 12.1. The van der Waals surface area contributed by atoms with Crippen molar-refractivity contribution in [2.24, 2.45) is 0 Å². The molecule has 19 heavy (non-hydrogen) atoms. The van der Waals surface area contributed by atoms with E-state index in [4.69, 9.17) is 23.2 Å². The Kier molecular flexibility index (Phi) is 4.46. The van der Waals surface area contributed by atoms with Crippen molar-refractivity contribution in [1.29, 1.82) is 0 Å². The molecular weight excluding hydrogens is 281 g/mol. The summed E-state index contributed by atoms with van der Waals surface area (Å²) in [5.74, 6) is -0.427. The van der Waals surface area contributed by atoms with E-state index in [-0.39, 0.29) is 11.8 Å². The van der Waals surface area contributed by atoms with Gasteiger partial charge in [0.25, 0.3) is 0 Å². The second-order valence-corrected chi connectivity index (χ2v) is 5.02. The second kappa shape index (κ2) is 6.09. The van der Waals surface area contributed by atoms with Gasteiger partial charge in [-0.2, -0.15) is 0 Å². The first-order valence-corrected chi connectivity index (χ1v) is 6.60. The molecule has 0 atom stereocenters. The summed E-state index contributed by atoms with van der Waals surface area (Å²) in [4.78, 5) is 12.1. The molecule has 2 rings (SSSR count). The Hall–Kier alpha value is -1.51. The predicted octanol–water partition coefficient (Wildman–Crippen LogP) is 3.87. The molecule has 0 heterocycles. The van der Waals surface area contributed by atoms with Gasteiger partial charge < -0.3 is 5.32 Å². The van der Waals surface area contributed by atoms with Gasteiger partial charge >= 0.3 is 0 Å². The Morgan fingerprint density at radius 2 is 1.26 bits per heavy atom. The number of hydrogen-bond acceptors (Lipinski definition) is 1. The number of amides is 1. The first-order chi connectivity index (χ1) is 9.11. The molecule has 0 bridgehead atoms. The highest BCUT2D eigenvalue weighted by Crippen LogP contribution is 2.27. The molecule has 4 heteroatoms. The van der Waals surface area contributed by atoms with Crippen LogP contribution in [0.5, 0.6) is 0 Å². The highest BCUT2D eigenvalue weighted by Gasteiger charge is 2.21. The van der Waals surface area contributed by atoms with Gasteiger partial charge in [-0.25, -0.2) is 0 Å². The average Bonchev–Trinajstić information content (AvgIpc) is 2.43. The molecule has 0 aliphatic rings. The van der Waals surface area contributed by atoms with Crippen molar-refractivity contribution in [2.45, 2.75) is 5.92 Å². The summed E-state index contributed by atoms with van der Waals surface area (Å²) in [7, 11) is 1.63. The van der Waals surface area contributed by atoms with Crippen molar-refractivity contribution in [3.05, 3.63) is 69.7 Å². The number of carbonyl (C=O) groups is 1. The number of carbonyl (C=O) groups excluding carboxylic acids is 1. The molecule has 2 aromatic rings. The quantitative estimate of drug-likeness (QED) is 0.914. The van der Waals surface area contributed by atoms with E-state index >= 15 is 0 Å². The number of halogens is 2. The maximum Gasteiger partial charge on any atom is 0.231 e. The Labute approximate surface area is 122 Å². The van der Waals surface area contributed by atoms with Gasteiger partial charge in [-0.05, 0) is 35.4 Å². The molecule has 2 aromatic carbocycles. The number of rotatable bonds is 3. The molecule has 0 aliphatic heterocycles. The zero-order chi connectivity index (χ0) is 13.8. The standard InChI is InChI=1S/C15H13Cl2NO/c1-18-15(19)14(10-2-6-12(16)7-3-10)11-4-8-13(17)9-5-11/h2-9,14H,1H3,(H,18,19). The fourth-order valence-corrected chi connectivity index (χ4v) is 2.20. The molecule has 0 aromatic heterocycles. The highest BCUT2D eigenvalue weighted by molar-refractivity contribution is 6.30. The van der Waals surface area contributed by atoms with Gasteiger partial charge in [0.2, 0.25) is 5.91 Å². The van der Waals surface area contributed by atoms with Crippen LogP contribution in [0.4, 0.5) is 0 Å². The summed E-state index contributed by atoms with van der Waals surface area (Å²) in [6, 6.07) is 14.6. The highest BCUT2D eigenvalue weighted by atomic mass is 35.5. The summed E-state index contributed by atoms with van der Waals surface area (Å²) in [5, 5.41) is 3.98. The third-order valence-corrected chi connectivity index (χ3v) is 3.42. The minimum absolute atomic E-state index is 0.0651. The largest absolute Gasteiger partial charge is 0.358 e. The van der Waals surface area contributed by atoms with Crippen LogP contribution in [-0.4, -0.2) is 13.0 Å². The van der Waals surface area contributed by atoms with E-state index in [0.29, 0.717) is 10.0 Å². The van der Waals surface area contributed by atoms with Crippen LogP contribution in [0.1, 0.15) is 17.0 Å². The number of likely N-dealkylation sites (N-methyl/N-ethyl adjacent to an activating group) is 1. The number of benzene rings is 2. The van der Waals surface area contributed by atoms with E-state index in [1.165, 1.54) is 0 Å². The van der Waals surface area contributed by atoms with Crippen LogP contribution in [0, 0.1) is 0 Å². The van der Waals surface area contributed by atoms with Crippen molar-refractivity contribution >= 4 is 29.1 Å². The van der Waals surface area contributed by atoms with Crippen molar-refractivity contribution in [2.75, 3.05) is 7.05 Å². The molecule has 1 amide bonds. The van der Waals surface area contributed by atoms with Crippen molar-refractivity contribution in [3.63, 3.8) is 0 Å². The lowest BCUT2D eigenvalue weighted by atomic mass is 9.90. The summed E-state index contributed by atoms with van der Waals surface area (Å²) in [6.45, 7) is 0. The Morgan fingerprint density at radius 3 is 1.58 bits per heavy atom. The van der Waals surface area contributed by atoms with E-state index in [9.17, 15) is 4.79 Å². The Morgan fingerprint density at radius 1 is 0.895 bits per heavy atom. The summed E-state index contributed by atoms with van der Waals surface area (Å²) >= 11 is 11.8. The van der Waals surface area contributed by atoms with Crippen molar-refractivity contribution in [3.8, 4) is 0 Å². The molecule has 1 N–H and O–H groups in total. The monoisotopic (exact) mass is 293 g/mol. The lowest BCUT2D eigenvalue weighted by Crippen LogP contribution is -2.26. The third-order valence-electron chi connectivity index (χ3n) is 2.92. The van der Waals surface area contributed by atoms with Gasteiger partial charge in [0.05, 0.1) is 5.92 Å². The number of hydrogen-bond donors (Lipinski definition) is 1. The zero-order valence-electron chi connectivity index (χ0n) is 10.4. The first-order valence-electron chi connectivity index (χ1n) is 5.84. The van der Waals surface area contributed by atoms with Gasteiger partial charge in [0.15, 0.2) is 0 Å². The smallest absolute Gasteiger partial charge is 0.231 e. The molecule has 2 nitrogen and oxygen atoms in total. The SMILES string of the molecule is CNC(=O)C(c1ccc(Cl)cc1)c1ccc(Cl)cc1. The van der Waals surface area contributed by atoms with Crippen LogP contribution in [0.15, 0.2) is 48.5 Å². The Balaban J connectivity index is 2.44. The molecule has 0 saturated carbocycles. The van der Waals surface area contributed by atoms with Crippen molar-refractivity contribution in [1.82, 2.24) is 5.32 Å². The molecule has 0 radical (unpaired) electrons. The van der Waals surface area contributed by atoms with E-state index in [2.05, 4.69) is 5.32 Å². The summed E-state index contributed by atoms with van der Waals surface area (Å²) in [6.07, 6.45) is 0. The molecular formula is C15H13Cl2NO. The maximum absolute atomic E-state index is 12.1. The average molecular weight is 294 g/mol. The minimum atomic E-state index is -0.362. The topological polar surface area (TPSA) is 29.1 Å². The third kappa shape index (κ3) is 3.28. The van der Waals surface area contributed by atoms with Crippen molar-refractivity contribution < 1.29 is 4.79 Å². The molecule has 0 saturated heterocycles. The van der Waals surface area contributed by atoms with Gasteiger partial charge in [0.1, 0.15) is 0 Å². The zero-order valence-corrected chi connectivity index (χ0v) is 11.9. The normalized spacial score (nSPS) is 10.5. The van der Waals surface area contributed by atoms with E-state index in [1.54, 1.807) is 31.3 Å². The minimum Gasteiger partial charge on any atom is -0.358 e. The molecule has 0 fully saturated rings. The van der Waals surface area contributed by atoms with Crippen LogP contribution >= 0.6 is 23.2 Å². The van der Waals surface area contributed by atoms with Crippen LogP contribution in [0.25, 0.3) is 0 Å². The predicted molar refractivity (Wildman–Crippen MR) is 78.8 cm³/mol. The lowest BCUT2D eigenvalue weighted by Gasteiger charge is -2.16. The first kappa shape index (κ1) is 13.9. The fraction of sp³-hybridized carbons (Fsp3) is 0.133. The van der Waals surface area contributed by atoms with Crippen LogP contribution in [0.2, 0.25) is 10.0 Å². The van der Waals surface area contributed by atoms with Crippen LogP contribution < -0.4 is 5.32 Å². The van der Waals surface area contributed by atoms with Gasteiger partial charge in [0, 0.05) is 17.1 Å². The van der Waals surface area contributed by atoms with E-state index in [1.807, 2.05) is 24.3 Å². The van der Waals surface area contributed by atoms with E-state index in [0.717, 1.165) is 11.1 Å². The molecule has 0 aliphatic carbocycles. The number of nitrogens with one attached hydrogen (secondary N) is 1.